The molecule has 0 atom stereocenters. The molecule has 120 valence electrons. The van der Waals surface area contributed by atoms with Gasteiger partial charge in [-0.15, -0.1) is 0 Å². The van der Waals surface area contributed by atoms with E-state index < -0.39 is 0 Å². The van der Waals surface area contributed by atoms with Gasteiger partial charge < -0.3 is 15.9 Å². The maximum Gasteiger partial charge on any atom is 0.265 e. The first-order chi connectivity index (χ1) is 11.1. The molecule has 0 aliphatic carbocycles. The number of aryl methyl sites for hydroxylation is 1. The SMILES string of the molecule is Cc1cccc(NC(=O)CO/N=C(/N)Cc2ccccc2)c1C. The molecular weight excluding hydrogens is 290 g/mol. The molecule has 0 unspecified atom stereocenters. The van der Waals surface area contributed by atoms with Gasteiger partial charge in [0.1, 0.15) is 5.84 Å². The van der Waals surface area contributed by atoms with Crippen molar-refractivity contribution < 1.29 is 9.63 Å². The first-order valence-electron chi connectivity index (χ1n) is 7.40. The number of anilines is 1. The minimum absolute atomic E-state index is 0.178. The molecular formula is C18H21N3O2. The fraction of sp³-hybridized carbons (Fsp3) is 0.222. The monoisotopic (exact) mass is 311 g/mol. The Morgan fingerprint density at radius 3 is 2.61 bits per heavy atom. The van der Waals surface area contributed by atoms with Crippen LogP contribution in [0.15, 0.2) is 53.7 Å². The summed E-state index contributed by atoms with van der Waals surface area (Å²) in [5.74, 6) is 0.0608. The largest absolute Gasteiger partial charge is 0.384 e. The number of nitrogens with one attached hydrogen (secondary N) is 1. The quantitative estimate of drug-likeness (QED) is 0.489. The molecule has 0 aliphatic rings. The number of carbonyl (C=O) groups is 1. The Bertz CT molecular complexity index is 697. The Hall–Kier alpha value is -2.82. The molecule has 2 rings (SSSR count). The van der Waals surface area contributed by atoms with Crippen LogP contribution < -0.4 is 11.1 Å². The molecule has 0 radical (unpaired) electrons. The standard InChI is InChI=1S/C18H21N3O2/c1-13-7-6-10-16(14(13)2)20-18(22)12-23-21-17(19)11-15-8-4-3-5-9-15/h3-10H,11-12H2,1-2H3,(H2,19,21)(H,20,22). The highest BCUT2D eigenvalue weighted by atomic mass is 16.6. The van der Waals surface area contributed by atoms with Crippen LogP contribution in [-0.4, -0.2) is 18.3 Å². The number of benzene rings is 2. The number of hydrogen-bond donors (Lipinski definition) is 2. The number of oxime groups is 1. The molecule has 0 spiro atoms. The highest BCUT2D eigenvalue weighted by molar-refractivity contribution is 5.92. The van der Waals surface area contributed by atoms with Crippen molar-refractivity contribution in [1.29, 1.82) is 0 Å². The van der Waals surface area contributed by atoms with Gasteiger partial charge in [-0.1, -0.05) is 47.6 Å². The summed E-state index contributed by atoms with van der Waals surface area (Å²) in [6, 6.07) is 15.5. The van der Waals surface area contributed by atoms with Crippen molar-refractivity contribution in [1.82, 2.24) is 0 Å². The van der Waals surface area contributed by atoms with Gasteiger partial charge in [0.25, 0.3) is 5.91 Å². The van der Waals surface area contributed by atoms with Crippen LogP contribution in [0.1, 0.15) is 16.7 Å². The molecule has 3 N–H and O–H groups in total. The number of amidine groups is 1. The van der Waals surface area contributed by atoms with Crippen molar-refractivity contribution in [2.45, 2.75) is 20.3 Å². The van der Waals surface area contributed by atoms with Crippen LogP contribution in [0, 0.1) is 13.8 Å². The van der Waals surface area contributed by atoms with Gasteiger partial charge in [0, 0.05) is 12.1 Å². The highest BCUT2D eigenvalue weighted by Gasteiger charge is 2.06. The zero-order valence-electron chi connectivity index (χ0n) is 13.4. The van der Waals surface area contributed by atoms with Gasteiger partial charge in [-0.2, -0.15) is 0 Å². The average molecular weight is 311 g/mol. The Kier molecular flexibility index (Phi) is 5.74. The molecule has 0 saturated carbocycles. The lowest BCUT2D eigenvalue weighted by Crippen LogP contribution is -2.20. The number of nitrogens with two attached hydrogens (primary N) is 1. The van der Waals surface area contributed by atoms with Crippen molar-refractivity contribution in [3.8, 4) is 0 Å². The molecule has 2 aromatic rings. The van der Waals surface area contributed by atoms with Crippen LogP contribution >= 0.6 is 0 Å². The van der Waals surface area contributed by atoms with Crippen LogP contribution in [-0.2, 0) is 16.1 Å². The number of hydrogen-bond acceptors (Lipinski definition) is 3. The molecule has 0 bridgehead atoms. The summed E-state index contributed by atoms with van der Waals surface area (Å²) >= 11 is 0. The lowest BCUT2D eigenvalue weighted by atomic mass is 10.1. The van der Waals surface area contributed by atoms with Crippen molar-refractivity contribution in [2.75, 3.05) is 11.9 Å². The minimum atomic E-state index is -0.269. The first-order valence-corrected chi connectivity index (χ1v) is 7.40. The molecule has 0 saturated heterocycles. The second-order valence-electron chi connectivity index (χ2n) is 5.31. The number of nitrogens with zero attached hydrogens (tertiary/aromatic N) is 1. The lowest BCUT2D eigenvalue weighted by Gasteiger charge is -2.09. The van der Waals surface area contributed by atoms with E-state index in [1.54, 1.807) is 0 Å². The molecule has 23 heavy (non-hydrogen) atoms. The van der Waals surface area contributed by atoms with Gasteiger partial charge >= 0.3 is 0 Å². The van der Waals surface area contributed by atoms with E-state index in [4.69, 9.17) is 10.6 Å². The van der Waals surface area contributed by atoms with Gasteiger partial charge in [0.15, 0.2) is 6.61 Å². The van der Waals surface area contributed by atoms with E-state index >= 15 is 0 Å². The summed E-state index contributed by atoms with van der Waals surface area (Å²) in [6.45, 7) is 3.78. The third-order valence-corrected chi connectivity index (χ3v) is 3.48. The van der Waals surface area contributed by atoms with Crippen LogP contribution in [0.2, 0.25) is 0 Å². The highest BCUT2D eigenvalue weighted by Crippen LogP contribution is 2.17. The zero-order chi connectivity index (χ0) is 16.7. The summed E-state index contributed by atoms with van der Waals surface area (Å²) in [4.78, 5) is 16.9. The number of carbonyl (C=O) groups excluding carboxylic acids is 1. The predicted molar refractivity (Wildman–Crippen MR) is 92.3 cm³/mol. The van der Waals surface area contributed by atoms with Crippen molar-refractivity contribution in [3.63, 3.8) is 0 Å². The molecule has 5 heteroatoms. The van der Waals surface area contributed by atoms with E-state index in [1.807, 2.05) is 62.4 Å². The van der Waals surface area contributed by atoms with E-state index in [2.05, 4.69) is 10.5 Å². The van der Waals surface area contributed by atoms with E-state index in [-0.39, 0.29) is 12.5 Å². The van der Waals surface area contributed by atoms with Crippen molar-refractivity contribution in [2.24, 2.45) is 10.9 Å². The summed E-state index contributed by atoms with van der Waals surface area (Å²) in [6.07, 6.45) is 0.486. The first kappa shape index (κ1) is 16.5. The second-order valence-corrected chi connectivity index (χ2v) is 5.31. The summed E-state index contributed by atoms with van der Waals surface area (Å²) < 4.78 is 0. The maximum atomic E-state index is 11.9. The van der Waals surface area contributed by atoms with Gasteiger partial charge in [0.2, 0.25) is 0 Å². The average Bonchev–Trinajstić information content (AvgIpc) is 2.53. The van der Waals surface area contributed by atoms with E-state index in [9.17, 15) is 4.79 Å². The molecule has 2 aromatic carbocycles. The number of amides is 1. The van der Waals surface area contributed by atoms with Crippen LogP contribution in [0.3, 0.4) is 0 Å². The van der Waals surface area contributed by atoms with E-state index in [0.717, 1.165) is 22.4 Å². The van der Waals surface area contributed by atoms with Crippen LogP contribution in [0.5, 0.6) is 0 Å². The zero-order valence-corrected chi connectivity index (χ0v) is 13.4. The lowest BCUT2D eigenvalue weighted by molar-refractivity contribution is -0.120. The third-order valence-electron chi connectivity index (χ3n) is 3.48. The van der Waals surface area contributed by atoms with Crippen molar-refractivity contribution in [3.05, 3.63) is 65.2 Å². The minimum Gasteiger partial charge on any atom is -0.384 e. The fourth-order valence-corrected chi connectivity index (χ4v) is 2.08. The normalized spacial score (nSPS) is 11.1. The fourth-order valence-electron chi connectivity index (χ4n) is 2.08. The second kappa shape index (κ2) is 7.98. The van der Waals surface area contributed by atoms with Crippen LogP contribution in [0.4, 0.5) is 5.69 Å². The van der Waals surface area contributed by atoms with Gasteiger partial charge in [0.05, 0.1) is 0 Å². The van der Waals surface area contributed by atoms with Crippen LogP contribution in [0.25, 0.3) is 0 Å². The van der Waals surface area contributed by atoms with Gasteiger partial charge in [-0.05, 0) is 36.6 Å². The molecule has 0 heterocycles. The molecule has 0 fully saturated rings. The smallest absolute Gasteiger partial charge is 0.265 e. The van der Waals surface area contributed by atoms with Gasteiger partial charge in [-0.3, -0.25) is 4.79 Å². The molecule has 5 nitrogen and oxygen atoms in total. The number of rotatable bonds is 6. The summed E-state index contributed by atoms with van der Waals surface area (Å²) in [7, 11) is 0. The Morgan fingerprint density at radius 1 is 1.13 bits per heavy atom. The van der Waals surface area contributed by atoms with E-state index in [1.165, 1.54) is 0 Å². The Labute approximate surface area is 136 Å². The Morgan fingerprint density at radius 2 is 1.87 bits per heavy atom. The molecule has 1 amide bonds. The summed E-state index contributed by atoms with van der Waals surface area (Å²) in [5.41, 5.74) is 9.75. The van der Waals surface area contributed by atoms with Gasteiger partial charge in [-0.25, -0.2) is 0 Å². The predicted octanol–water partition coefficient (Wildman–Crippen LogP) is 2.77. The molecule has 0 aliphatic heterocycles. The van der Waals surface area contributed by atoms with Crippen molar-refractivity contribution >= 4 is 17.4 Å². The topological polar surface area (TPSA) is 76.7 Å². The Balaban J connectivity index is 1.82. The van der Waals surface area contributed by atoms with E-state index in [0.29, 0.717) is 12.3 Å². The summed E-state index contributed by atoms with van der Waals surface area (Å²) in [5, 5.41) is 6.58. The maximum absolute atomic E-state index is 11.9. The third kappa shape index (κ3) is 5.14. The molecule has 0 aromatic heterocycles.